The number of hydrogen-bond acceptors (Lipinski definition) is 0. The number of rotatable bonds is 1. The molecule has 1 saturated carbocycles. The molecule has 0 aliphatic heterocycles. The van der Waals surface area contributed by atoms with E-state index < -0.39 is 0 Å². The molecule has 0 bridgehead atoms. The molecule has 0 amide bonds. The molecule has 0 N–H and O–H groups in total. The van der Waals surface area contributed by atoms with Crippen molar-refractivity contribution >= 4 is 0 Å². The van der Waals surface area contributed by atoms with Gasteiger partial charge >= 0.3 is 0 Å². The molecule has 2 unspecified atom stereocenters. The van der Waals surface area contributed by atoms with Crippen LogP contribution in [0.1, 0.15) is 40.5 Å². The Bertz CT molecular complexity index is 157. The van der Waals surface area contributed by atoms with Gasteiger partial charge < -0.3 is 0 Å². The van der Waals surface area contributed by atoms with Gasteiger partial charge in [0.05, 0.1) is 0 Å². The third kappa shape index (κ3) is 1.91. The summed E-state index contributed by atoms with van der Waals surface area (Å²) < 4.78 is 0. The Morgan fingerprint density at radius 1 is 1.08 bits per heavy atom. The first-order chi connectivity index (χ1) is 5.52. The van der Waals surface area contributed by atoms with E-state index in [1.54, 1.807) is 0 Å². The van der Waals surface area contributed by atoms with Crippen molar-refractivity contribution in [3.8, 4) is 0 Å². The Morgan fingerprint density at radius 3 is 1.83 bits per heavy atom. The molecule has 0 radical (unpaired) electrons. The Balaban J connectivity index is 2.66. The zero-order chi connectivity index (χ0) is 9.30. The van der Waals surface area contributed by atoms with Crippen LogP contribution in [0.15, 0.2) is 12.2 Å². The molecule has 0 heterocycles. The van der Waals surface area contributed by atoms with Gasteiger partial charge in [-0.3, -0.25) is 0 Å². The van der Waals surface area contributed by atoms with Gasteiger partial charge in [0.1, 0.15) is 0 Å². The van der Waals surface area contributed by atoms with Crippen molar-refractivity contribution in [2.75, 3.05) is 0 Å². The van der Waals surface area contributed by atoms with Crippen LogP contribution in [0.2, 0.25) is 0 Å². The minimum atomic E-state index is 0.779. The second-order valence-corrected chi connectivity index (χ2v) is 4.90. The normalized spacial score (nSPS) is 42.7. The monoisotopic (exact) mass is 166 g/mol. The molecule has 0 aromatic heterocycles. The highest BCUT2D eigenvalue weighted by atomic mass is 14.4. The zero-order valence-electron chi connectivity index (χ0n) is 8.93. The number of hydrogen-bond donors (Lipinski definition) is 0. The molecule has 0 saturated heterocycles. The maximum Gasteiger partial charge on any atom is -0.0157 e. The molecular formula is C12H22. The molecule has 2 atom stereocenters. The fourth-order valence-corrected chi connectivity index (χ4v) is 3.19. The Morgan fingerprint density at radius 2 is 1.50 bits per heavy atom. The SMILES string of the molecule is C=C(C)C1C(C)CC(C)CC1C. The summed E-state index contributed by atoms with van der Waals surface area (Å²) >= 11 is 0. The maximum atomic E-state index is 4.10. The van der Waals surface area contributed by atoms with Crippen LogP contribution in [0.5, 0.6) is 0 Å². The second-order valence-electron chi connectivity index (χ2n) is 4.90. The van der Waals surface area contributed by atoms with Gasteiger partial charge in [-0.1, -0.05) is 32.9 Å². The number of allylic oxidation sites excluding steroid dienone is 1. The lowest BCUT2D eigenvalue weighted by atomic mass is 9.67. The second kappa shape index (κ2) is 3.64. The molecule has 12 heavy (non-hydrogen) atoms. The molecule has 0 spiro atoms. The average molecular weight is 166 g/mol. The lowest BCUT2D eigenvalue weighted by molar-refractivity contribution is 0.164. The minimum Gasteiger partial charge on any atom is -0.0998 e. The van der Waals surface area contributed by atoms with Gasteiger partial charge in [0.15, 0.2) is 0 Å². The standard InChI is InChI=1S/C12H22/c1-8(2)12-10(4)6-9(3)7-11(12)5/h9-12H,1,6-7H2,2-5H3. The van der Waals surface area contributed by atoms with E-state index >= 15 is 0 Å². The molecule has 1 fully saturated rings. The van der Waals surface area contributed by atoms with Crippen molar-refractivity contribution < 1.29 is 0 Å². The van der Waals surface area contributed by atoms with E-state index in [4.69, 9.17) is 0 Å². The van der Waals surface area contributed by atoms with Gasteiger partial charge in [-0.05, 0) is 43.4 Å². The van der Waals surface area contributed by atoms with Crippen molar-refractivity contribution in [2.45, 2.75) is 40.5 Å². The predicted molar refractivity (Wildman–Crippen MR) is 55.0 cm³/mol. The lowest BCUT2D eigenvalue weighted by Crippen LogP contribution is -2.29. The van der Waals surface area contributed by atoms with E-state index in [-0.39, 0.29) is 0 Å². The first kappa shape index (κ1) is 9.83. The van der Waals surface area contributed by atoms with Gasteiger partial charge in [0.25, 0.3) is 0 Å². The minimum absolute atomic E-state index is 0.779. The maximum absolute atomic E-state index is 4.10. The first-order valence-corrected chi connectivity index (χ1v) is 5.17. The summed E-state index contributed by atoms with van der Waals surface area (Å²) in [5.74, 6) is 3.40. The van der Waals surface area contributed by atoms with Gasteiger partial charge in [-0.25, -0.2) is 0 Å². The third-order valence-corrected chi connectivity index (χ3v) is 3.34. The smallest absolute Gasteiger partial charge is 0.0157 e. The van der Waals surface area contributed by atoms with Crippen LogP contribution in [0.3, 0.4) is 0 Å². The van der Waals surface area contributed by atoms with Crippen LogP contribution in [0.4, 0.5) is 0 Å². The van der Waals surface area contributed by atoms with Gasteiger partial charge in [0.2, 0.25) is 0 Å². The summed E-state index contributed by atoms with van der Waals surface area (Å²) in [6.45, 7) is 13.4. The largest absolute Gasteiger partial charge is 0.0998 e. The fraction of sp³-hybridized carbons (Fsp3) is 0.833. The van der Waals surface area contributed by atoms with Crippen LogP contribution < -0.4 is 0 Å². The fourth-order valence-electron chi connectivity index (χ4n) is 3.19. The zero-order valence-corrected chi connectivity index (χ0v) is 8.93. The van der Waals surface area contributed by atoms with Gasteiger partial charge in [-0.15, -0.1) is 0 Å². The first-order valence-electron chi connectivity index (χ1n) is 5.17. The van der Waals surface area contributed by atoms with Gasteiger partial charge in [0, 0.05) is 0 Å². The van der Waals surface area contributed by atoms with Crippen LogP contribution in [0.25, 0.3) is 0 Å². The van der Waals surface area contributed by atoms with Gasteiger partial charge in [-0.2, -0.15) is 0 Å². The van der Waals surface area contributed by atoms with Crippen molar-refractivity contribution in [2.24, 2.45) is 23.7 Å². The third-order valence-electron chi connectivity index (χ3n) is 3.34. The Kier molecular flexibility index (Phi) is 2.98. The lowest BCUT2D eigenvalue weighted by Gasteiger charge is -2.38. The van der Waals surface area contributed by atoms with E-state index in [1.165, 1.54) is 18.4 Å². The topological polar surface area (TPSA) is 0 Å². The van der Waals surface area contributed by atoms with E-state index in [1.807, 2.05) is 0 Å². The van der Waals surface area contributed by atoms with E-state index in [0.29, 0.717) is 0 Å². The summed E-state index contributed by atoms with van der Waals surface area (Å²) in [5.41, 5.74) is 1.39. The highest BCUT2D eigenvalue weighted by Crippen LogP contribution is 2.40. The summed E-state index contributed by atoms with van der Waals surface area (Å²) in [4.78, 5) is 0. The summed E-state index contributed by atoms with van der Waals surface area (Å²) in [6.07, 6.45) is 2.78. The molecular weight excluding hydrogens is 144 g/mol. The van der Waals surface area contributed by atoms with Crippen molar-refractivity contribution in [3.05, 3.63) is 12.2 Å². The molecule has 1 rings (SSSR count). The molecule has 0 aromatic carbocycles. The molecule has 0 heteroatoms. The van der Waals surface area contributed by atoms with Crippen molar-refractivity contribution in [1.29, 1.82) is 0 Å². The molecule has 70 valence electrons. The predicted octanol–water partition coefficient (Wildman–Crippen LogP) is 3.88. The van der Waals surface area contributed by atoms with Crippen molar-refractivity contribution in [1.82, 2.24) is 0 Å². The molecule has 1 aliphatic rings. The molecule has 0 aromatic rings. The van der Waals surface area contributed by atoms with E-state index in [0.717, 1.165) is 23.7 Å². The van der Waals surface area contributed by atoms with E-state index in [9.17, 15) is 0 Å². The Hall–Kier alpha value is -0.260. The van der Waals surface area contributed by atoms with Crippen LogP contribution >= 0.6 is 0 Å². The van der Waals surface area contributed by atoms with Crippen LogP contribution in [-0.4, -0.2) is 0 Å². The Labute approximate surface area is 77.1 Å². The molecule has 0 nitrogen and oxygen atoms in total. The van der Waals surface area contributed by atoms with Crippen molar-refractivity contribution in [3.63, 3.8) is 0 Å². The summed E-state index contributed by atoms with van der Waals surface area (Å²) in [6, 6.07) is 0. The molecule has 1 aliphatic carbocycles. The highest BCUT2D eigenvalue weighted by molar-refractivity contribution is 5.02. The highest BCUT2D eigenvalue weighted by Gasteiger charge is 2.31. The van der Waals surface area contributed by atoms with Crippen LogP contribution in [-0.2, 0) is 0 Å². The summed E-state index contributed by atoms with van der Waals surface area (Å²) in [7, 11) is 0. The van der Waals surface area contributed by atoms with Crippen LogP contribution in [0, 0.1) is 23.7 Å². The quantitative estimate of drug-likeness (QED) is 0.519. The average Bonchev–Trinajstić information content (AvgIpc) is 1.82. The van der Waals surface area contributed by atoms with E-state index in [2.05, 4.69) is 34.3 Å². The summed E-state index contributed by atoms with van der Waals surface area (Å²) in [5, 5.41) is 0.